The molecule has 0 aromatic heterocycles. The molecule has 9 aromatic carbocycles. The molecule has 14 heteroatoms. The van der Waals surface area contributed by atoms with Gasteiger partial charge in [0.1, 0.15) is 0 Å². The number of ether oxygens (including phenoxy) is 2. The first-order valence-electron chi connectivity index (χ1n) is 23.7. The number of benzene rings is 9. The van der Waals surface area contributed by atoms with Crippen LogP contribution in [0.3, 0.4) is 0 Å². The monoisotopic (exact) mass is 1040 g/mol. The molecule has 74 heavy (non-hydrogen) atoms. The number of methoxy groups -OCH3 is 2. The zero-order valence-corrected chi connectivity index (χ0v) is 42.2. The molecular formula is C60H51BF6O5P2. The van der Waals surface area contributed by atoms with E-state index >= 15 is 0 Å². The van der Waals surface area contributed by atoms with E-state index in [9.17, 15) is 26.3 Å². The Morgan fingerprint density at radius 2 is 0.622 bits per heavy atom. The van der Waals surface area contributed by atoms with Crippen molar-refractivity contribution in [1.29, 1.82) is 0 Å². The fraction of sp³-hybridized carbons (Fsp3) is 0.100. The summed E-state index contributed by atoms with van der Waals surface area (Å²) >= 11 is 0. The summed E-state index contributed by atoms with van der Waals surface area (Å²) in [6.07, 6.45) is -10.3. The molecule has 0 aliphatic heterocycles. The third-order valence-electron chi connectivity index (χ3n) is 13.5. The van der Waals surface area contributed by atoms with Crippen molar-refractivity contribution in [2.75, 3.05) is 14.2 Å². The Bertz CT molecular complexity index is 2890. The minimum atomic E-state index is -5.22. The molecule has 0 unspecified atom stereocenters. The number of halogens is 6. The van der Waals surface area contributed by atoms with Crippen molar-refractivity contribution in [3.8, 4) is 17.2 Å². The molecule has 0 radical (unpaired) electrons. The molecule has 0 fully saturated rings. The number of rotatable bonds is 18. The Labute approximate surface area is 427 Å². The molecule has 0 saturated heterocycles. The van der Waals surface area contributed by atoms with Gasteiger partial charge in [-0.3, -0.25) is 0 Å². The van der Waals surface area contributed by atoms with Crippen LogP contribution in [0.5, 0.6) is 17.2 Å². The van der Waals surface area contributed by atoms with Crippen LogP contribution in [0, 0.1) is 0 Å². The molecule has 0 saturated carbocycles. The molecule has 9 rings (SSSR count). The average molecular weight is 1040 g/mol. The number of hydrogen-bond acceptors (Lipinski definition) is 5. The third-order valence-corrected chi connectivity index (χ3v) is 25.0. The zero-order chi connectivity index (χ0) is 51.9. The Morgan fingerprint density at radius 3 is 0.878 bits per heavy atom. The summed E-state index contributed by atoms with van der Waals surface area (Å²) in [4.78, 5) is 0. The van der Waals surface area contributed by atoms with E-state index in [-0.39, 0.29) is 18.4 Å². The molecule has 0 aliphatic rings. The Balaban J connectivity index is 1.48. The van der Waals surface area contributed by atoms with Crippen molar-refractivity contribution in [2.45, 2.75) is 24.7 Å². The van der Waals surface area contributed by atoms with Gasteiger partial charge in [0.05, 0.1) is 0 Å². The minimum absolute atomic E-state index is 0.0744. The van der Waals surface area contributed by atoms with Crippen LogP contribution in [-0.2, 0) is 33.6 Å². The van der Waals surface area contributed by atoms with Crippen molar-refractivity contribution in [2.24, 2.45) is 0 Å². The van der Waals surface area contributed by atoms with Crippen LogP contribution < -0.4 is 46.0 Å². The van der Waals surface area contributed by atoms with Gasteiger partial charge in [-0.15, -0.1) is 0 Å². The average Bonchev–Trinajstić information content (AvgIpc) is 3.43. The van der Waals surface area contributed by atoms with E-state index in [1.807, 2.05) is 231 Å². The molecule has 0 amide bonds. The van der Waals surface area contributed by atoms with Gasteiger partial charge in [0, 0.05) is 0 Å². The molecule has 0 bridgehead atoms. The molecule has 5 nitrogen and oxygen atoms in total. The topological polar surface area (TPSA) is 46.2 Å². The number of alkyl halides is 6. The van der Waals surface area contributed by atoms with Crippen LogP contribution in [0.15, 0.2) is 249 Å². The molecule has 0 aliphatic carbocycles. The van der Waals surface area contributed by atoms with Crippen LogP contribution in [-0.4, -0.2) is 21.5 Å². The quantitative estimate of drug-likeness (QED) is 0.0487. The molecular weight excluding hydrogens is 987 g/mol. The first-order chi connectivity index (χ1) is 35.7. The van der Waals surface area contributed by atoms with Gasteiger partial charge in [0.25, 0.3) is 0 Å². The maximum atomic E-state index is 15.0. The predicted molar refractivity (Wildman–Crippen MR) is 289 cm³/mol. The van der Waals surface area contributed by atoms with Crippen LogP contribution in [0.1, 0.15) is 22.3 Å². The fourth-order valence-electron chi connectivity index (χ4n) is 10.1. The van der Waals surface area contributed by atoms with Gasteiger partial charge >= 0.3 is 429 Å². The van der Waals surface area contributed by atoms with Gasteiger partial charge in [-0.2, -0.15) is 0 Å². The zero-order valence-electron chi connectivity index (χ0n) is 40.4. The summed E-state index contributed by atoms with van der Waals surface area (Å²) in [6, 6.07) is 73.0. The normalized spacial score (nSPS) is 13.1. The van der Waals surface area contributed by atoms with E-state index in [0.29, 0.717) is 55.5 Å². The molecule has 9 aromatic rings. The Hall–Kier alpha value is -7.20. The molecule has 0 atom stereocenters. The second-order valence-electron chi connectivity index (χ2n) is 17.8. The van der Waals surface area contributed by atoms with E-state index in [1.165, 1.54) is 0 Å². The SMILES string of the molecule is COc1cccc(CP(OB(Oc2cc(C(F)(F)F)cc(C(F)(F)F)c2)OP(Cc2cccc(OC)c2)(c2ccccc2)(c2ccccc2)c2ccccc2)(c2ccccc2)(c2ccccc2)c2ccccc2)c1. The third kappa shape index (κ3) is 9.71. The van der Waals surface area contributed by atoms with Crippen LogP contribution in [0.4, 0.5) is 26.3 Å². The molecule has 0 N–H and O–H groups in total. The van der Waals surface area contributed by atoms with Gasteiger partial charge in [-0.1, -0.05) is 0 Å². The standard InChI is InChI=1S/C60H51BF6O5P2/c1-68-50-25-21-23-46(39-50)44-73(53-27-9-3-10-28-53,54-29-11-4-12-30-54,55-31-13-5-14-32-55)71-61(70-52-42-48(59(62,63)64)41-49(43-52)60(65,66)67)72-74(56-33-15-6-16-34-56,57-35-17-7-18-36-57,58-37-19-8-20-38-58)45-47-24-22-26-51(40-47)69-2/h3-43H,44-45H2,1-2H3. The molecule has 0 spiro atoms. The summed E-state index contributed by atoms with van der Waals surface area (Å²) < 4.78 is 125. The summed E-state index contributed by atoms with van der Waals surface area (Å²) in [6.45, 7) is -9.84. The van der Waals surface area contributed by atoms with Crippen LogP contribution in [0.2, 0.25) is 0 Å². The second kappa shape index (κ2) is 21.0. The van der Waals surface area contributed by atoms with Crippen molar-refractivity contribution in [1.82, 2.24) is 0 Å². The molecule has 376 valence electrons. The van der Waals surface area contributed by atoms with Crippen molar-refractivity contribution >= 4 is 52.8 Å². The Kier molecular flexibility index (Phi) is 14.6. The summed E-state index contributed by atoms with van der Waals surface area (Å²) in [5.74, 6) is 0.291. The maximum absolute atomic E-state index is 15.0. The van der Waals surface area contributed by atoms with E-state index < -0.39 is 50.2 Å². The van der Waals surface area contributed by atoms with E-state index in [4.69, 9.17) is 23.0 Å². The van der Waals surface area contributed by atoms with Gasteiger partial charge in [0.2, 0.25) is 0 Å². The van der Waals surface area contributed by atoms with E-state index in [0.717, 1.165) is 11.1 Å². The summed E-state index contributed by atoms with van der Waals surface area (Å²) in [7, 11) is 0.990. The van der Waals surface area contributed by atoms with E-state index in [1.54, 1.807) is 14.2 Å². The van der Waals surface area contributed by atoms with Crippen molar-refractivity contribution in [3.63, 3.8) is 0 Å². The van der Waals surface area contributed by atoms with E-state index in [2.05, 4.69) is 0 Å². The van der Waals surface area contributed by atoms with Crippen LogP contribution >= 0.6 is 13.7 Å². The fourth-order valence-corrected chi connectivity index (χ4v) is 21.5. The van der Waals surface area contributed by atoms with Crippen molar-refractivity contribution in [3.05, 3.63) is 271 Å². The predicted octanol–water partition coefficient (Wildman–Crippen LogP) is 13.4. The van der Waals surface area contributed by atoms with Gasteiger partial charge in [0.15, 0.2) is 0 Å². The summed E-state index contributed by atoms with van der Waals surface area (Å²) in [5.41, 5.74) is -1.68. The first kappa shape index (κ1) is 51.7. The second-order valence-corrected chi connectivity index (χ2v) is 26.8. The van der Waals surface area contributed by atoms with Crippen molar-refractivity contribution < 1.29 is 49.4 Å². The van der Waals surface area contributed by atoms with Crippen LogP contribution in [0.25, 0.3) is 0 Å². The number of hydrogen-bond donors (Lipinski definition) is 0. The van der Waals surface area contributed by atoms with Gasteiger partial charge < -0.3 is 0 Å². The summed E-state index contributed by atoms with van der Waals surface area (Å²) in [5, 5.41) is 3.93. The molecule has 0 heterocycles. The van der Waals surface area contributed by atoms with Gasteiger partial charge in [-0.25, -0.2) is 0 Å². The Morgan fingerprint density at radius 1 is 0.338 bits per heavy atom. The first-order valence-corrected chi connectivity index (χ1v) is 28.3. The van der Waals surface area contributed by atoms with Gasteiger partial charge in [-0.05, 0) is 0 Å².